The third-order valence-corrected chi connectivity index (χ3v) is 12.2. The van der Waals surface area contributed by atoms with E-state index in [1.54, 1.807) is 58.8 Å². The Kier molecular flexibility index (Phi) is 20.8. The van der Waals surface area contributed by atoms with Crippen LogP contribution >= 0.6 is 0 Å². The van der Waals surface area contributed by atoms with Gasteiger partial charge in [-0.1, -0.05) is 69.3 Å². The predicted octanol–water partition coefficient (Wildman–Crippen LogP) is 4.28. The van der Waals surface area contributed by atoms with Gasteiger partial charge in [0, 0.05) is 32.3 Å². The van der Waals surface area contributed by atoms with E-state index in [1.165, 1.54) is 18.7 Å². The molecule has 63 heavy (non-hydrogen) atoms. The van der Waals surface area contributed by atoms with E-state index in [2.05, 4.69) is 17.4 Å². The van der Waals surface area contributed by atoms with E-state index in [4.69, 9.17) is 33.2 Å². The van der Waals surface area contributed by atoms with Crippen molar-refractivity contribution < 1.29 is 62.9 Å². The number of benzene rings is 1. The third-order valence-electron chi connectivity index (χ3n) is 12.2. The first-order chi connectivity index (χ1) is 29.8. The Morgan fingerprint density at radius 3 is 2.33 bits per heavy atom. The van der Waals surface area contributed by atoms with Crippen molar-refractivity contribution in [3.8, 4) is 0 Å². The van der Waals surface area contributed by atoms with E-state index in [9.17, 15) is 29.7 Å². The highest BCUT2D eigenvalue weighted by Gasteiger charge is 2.52. The van der Waals surface area contributed by atoms with Gasteiger partial charge in [0.05, 0.1) is 36.9 Å². The summed E-state index contributed by atoms with van der Waals surface area (Å²) in [5.74, 6) is -1.94. The number of methoxy groups -OCH3 is 1. The van der Waals surface area contributed by atoms with Crippen LogP contribution in [0.3, 0.4) is 0 Å². The van der Waals surface area contributed by atoms with Gasteiger partial charge in [-0.2, -0.15) is 0 Å². The molecule has 0 radical (unpaired) electrons. The van der Waals surface area contributed by atoms with Gasteiger partial charge in [-0.25, -0.2) is 0 Å². The number of nitrogens with one attached hydrogen (secondary N) is 1. The molecular weight excluding hydrogens is 813 g/mol. The predicted molar refractivity (Wildman–Crippen MR) is 236 cm³/mol. The molecule has 15 heteroatoms. The number of cyclic esters (lactones) is 1. The molecule has 3 aliphatic rings. The molecular formula is C48H76N2O13. The smallest absolute Gasteiger partial charge is 0.308 e. The molecule has 3 heterocycles. The summed E-state index contributed by atoms with van der Waals surface area (Å²) in [4.78, 5) is 41.1. The summed E-state index contributed by atoms with van der Waals surface area (Å²) in [5.41, 5.74) is -0.288. The summed E-state index contributed by atoms with van der Waals surface area (Å²) < 4.78 is 43.4. The molecule has 0 bridgehead atoms. The van der Waals surface area contributed by atoms with Crippen LogP contribution < -0.4 is 5.32 Å². The molecule has 4 N–H and O–H groups in total. The first-order valence-corrected chi connectivity index (χ1v) is 22.7. The average molecular weight is 889 g/mol. The van der Waals surface area contributed by atoms with Crippen molar-refractivity contribution in [2.45, 2.75) is 173 Å². The molecule has 0 unspecified atom stereocenters. The van der Waals surface area contributed by atoms with Gasteiger partial charge in [-0.05, 0) is 97.6 Å². The van der Waals surface area contributed by atoms with Crippen LogP contribution in [0, 0.1) is 17.8 Å². The number of rotatable bonds is 15. The quantitative estimate of drug-likeness (QED) is 0.144. The van der Waals surface area contributed by atoms with Gasteiger partial charge in [0.1, 0.15) is 30.0 Å². The minimum absolute atomic E-state index is 0.0174. The zero-order chi connectivity index (χ0) is 46.4. The van der Waals surface area contributed by atoms with Crippen LogP contribution in [0.1, 0.15) is 92.6 Å². The van der Waals surface area contributed by atoms with Crippen LogP contribution in [0.25, 0.3) is 0 Å². The largest absolute Gasteiger partial charge is 0.462 e. The van der Waals surface area contributed by atoms with Crippen molar-refractivity contribution >= 4 is 17.7 Å². The molecule has 356 valence electrons. The minimum Gasteiger partial charge on any atom is -0.462 e. The first-order valence-electron chi connectivity index (χ1n) is 22.7. The highest BCUT2D eigenvalue weighted by Crippen LogP contribution is 2.37. The average Bonchev–Trinajstić information content (AvgIpc) is 3.19. The van der Waals surface area contributed by atoms with Gasteiger partial charge < -0.3 is 58.7 Å². The number of hydrogen-bond acceptors (Lipinski definition) is 15. The molecule has 15 nitrogen and oxygen atoms in total. The van der Waals surface area contributed by atoms with E-state index >= 15 is 0 Å². The second-order valence-electron chi connectivity index (χ2n) is 18.6. The van der Waals surface area contributed by atoms with E-state index in [0.29, 0.717) is 32.4 Å². The molecule has 3 aliphatic heterocycles. The molecule has 1 aromatic carbocycles. The minimum atomic E-state index is -1.48. The van der Waals surface area contributed by atoms with E-state index in [0.717, 1.165) is 6.42 Å². The van der Waals surface area contributed by atoms with Gasteiger partial charge in [-0.3, -0.25) is 14.4 Å². The number of allylic oxidation sites excluding steroid dienone is 3. The summed E-state index contributed by atoms with van der Waals surface area (Å²) >= 11 is 0. The highest BCUT2D eigenvalue weighted by atomic mass is 16.7. The van der Waals surface area contributed by atoms with Crippen LogP contribution in [0.4, 0.5) is 0 Å². The Hall–Kier alpha value is -3.09. The Morgan fingerprint density at radius 1 is 0.968 bits per heavy atom. The molecule has 0 spiro atoms. The zero-order valence-electron chi connectivity index (χ0n) is 39.1. The molecule has 1 aromatic rings. The molecule has 0 aromatic heterocycles. The maximum absolute atomic E-state index is 13.5. The summed E-state index contributed by atoms with van der Waals surface area (Å²) in [6.45, 7) is 13.8. The van der Waals surface area contributed by atoms with Crippen LogP contribution in [-0.4, -0.2) is 151 Å². The van der Waals surface area contributed by atoms with E-state index < -0.39 is 103 Å². The van der Waals surface area contributed by atoms with Crippen LogP contribution in [0.5, 0.6) is 0 Å². The first kappa shape index (κ1) is 52.5. The van der Waals surface area contributed by atoms with E-state index in [-0.39, 0.29) is 31.0 Å². The highest BCUT2D eigenvalue weighted by molar-refractivity contribution is 5.91. The maximum atomic E-state index is 13.5. The van der Waals surface area contributed by atoms with Crippen LogP contribution in [-0.2, 0) is 54.0 Å². The number of hydrogen-bond donors (Lipinski definition) is 4. The number of likely N-dealkylation sites (N-methyl/N-ethyl adjacent to an activating group) is 1. The topological polar surface area (TPSA) is 192 Å². The second-order valence-corrected chi connectivity index (χ2v) is 18.6. The van der Waals surface area contributed by atoms with Crippen molar-refractivity contribution in [2.75, 3.05) is 34.3 Å². The Morgan fingerprint density at radius 2 is 1.68 bits per heavy atom. The molecule has 0 amide bonds. The fraction of sp³-hybridized carbons (Fsp3) is 0.729. The summed E-state index contributed by atoms with van der Waals surface area (Å²) in [7, 11) is 5.02. The van der Waals surface area contributed by atoms with Gasteiger partial charge in [0.25, 0.3) is 0 Å². The lowest BCUT2D eigenvalue weighted by Gasteiger charge is -2.50. The summed E-state index contributed by atoms with van der Waals surface area (Å²) in [6.07, 6.45) is -1.98. The second kappa shape index (κ2) is 25.0. The van der Waals surface area contributed by atoms with Gasteiger partial charge in [-0.15, -0.1) is 0 Å². The number of aliphatic hydroxyl groups is 3. The SMILES string of the molecule is CO[C@@H]1[C@@H](O[C@@H]2O[C@H](C)[C@@H](O[C@H]3C[C@@](C)(O)[C@@H](OC(=O)CC(C)C)[C@H](C)O3)[C@H](N(C)C)[C@H]2O)[C@@H](CCNCCc2ccccc2)C[C@@H](C)C(=O)/C=C/C=C/C[C@@H](C)OC(=O)C[C@@H]1O. The maximum Gasteiger partial charge on any atom is 0.308 e. The summed E-state index contributed by atoms with van der Waals surface area (Å²) in [5, 5.41) is 39.0. The third kappa shape index (κ3) is 15.8. The lowest BCUT2D eigenvalue weighted by molar-refractivity contribution is -0.344. The van der Waals surface area contributed by atoms with Gasteiger partial charge >= 0.3 is 11.9 Å². The van der Waals surface area contributed by atoms with Crippen LogP contribution in [0.2, 0.25) is 0 Å². The zero-order valence-corrected chi connectivity index (χ0v) is 39.1. The normalized spacial score (nSPS) is 37.4. The number of esters is 2. The molecule has 0 saturated carbocycles. The van der Waals surface area contributed by atoms with Crippen molar-refractivity contribution in [3.05, 3.63) is 60.2 Å². The van der Waals surface area contributed by atoms with Crippen LogP contribution in [0.15, 0.2) is 54.6 Å². The number of ketones is 1. The molecule has 2 saturated heterocycles. The standard InChI is InChI=1S/C48H76N2O13/c1-29(2)25-38(53)61-46-33(6)59-40(28-48(46,7)56)62-43-32(5)60-47(42(55)41(43)50(8)9)63-44-35(22-24-49-23-21-34-18-14-12-15-19-34)26-30(3)36(51)20-16-11-13-17-31(4)58-39(54)27-37(52)45(44)57-10/h11-16,18-20,29-33,35,37,40-47,49,52,55-56H,17,21-28H2,1-10H3/b13-11+,20-16+/t30-,31-,32-,33+,35+,37+,40+,41-,42-,43-,44+,45+,46+,47+,48-/m1/s1. The molecule has 2 fully saturated rings. The lowest BCUT2D eigenvalue weighted by Crippen LogP contribution is -2.66. The fourth-order valence-corrected chi connectivity index (χ4v) is 8.89. The molecule has 4 rings (SSSR count). The Labute approximate surface area is 374 Å². The van der Waals surface area contributed by atoms with Crippen molar-refractivity contribution in [2.24, 2.45) is 17.8 Å². The number of carbonyl (C=O) groups is 3. The summed E-state index contributed by atoms with van der Waals surface area (Å²) in [6, 6.07) is 9.40. The van der Waals surface area contributed by atoms with Gasteiger partial charge in [0.2, 0.25) is 0 Å². The lowest BCUT2D eigenvalue weighted by atomic mass is 9.82. The molecule has 0 aliphatic carbocycles. The van der Waals surface area contributed by atoms with Crippen molar-refractivity contribution in [1.82, 2.24) is 10.2 Å². The molecule has 15 atom stereocenters. The number of carbonyl (C=O) groups excluding carboxylic acids is 3. The Balaban J connectivity index is 1.62. The fourth-order valence-electron chi connectivity index (χ4n) is 8.89. The van der Waals surface area contributed by atoms with Crippen molar-refractivity contribution in [1.29, 1.82) is 0 Å². The number of aliphatic hydroxyl groups excluding tert-OH is 2. The van der Waals surface area contributed by atoms with E-state index in [1.807, 2.05) is 45.0 Å². The van der Waals surface area contributed by atoms with Gasteiger partial charge in [0.15, 0.2) is 24.5 Å². The monoisotopic (exact) mass is 889 g/mol. The number of nitrogens with zero attached hydrogens (tertiary/aromatic N) is 1. The van der Waals surface area contributed by atoms with Crippen molar-refractivity contribution in [3.63, 3.8) is 0 Å². The number of ether oxygens (including phenoxy) is 7. The Bertz CT molecular complexity index is 1620.